The van der Waals surface area contributed by atoms with Gasteiger partial charge in [0, 0.05) is 60.5 Å². The zero-order valence-electron chi connectivity index (χ0n) is 34.5. The standard InChI is InChI=1S/C60H37NO3/c1-2-11-38(12-3-1)42-27-33-57-53(36-42)54-37-43(28-34-58(54)62-57)41-13-8-14-46(35-41)61(44-29-23-39(24-30-44)47-17-9-19-51-49-15-4-6-21-55(49)63-59(47)51)45-31-25-40(26-32-45)48-18-10-20-52-50-16-5-7-22-56(50)64-60(48)52/h1-37H. The molecule has 64 heavy (non-hydrogen) atoms. The fourth-order valence-corrected chi connectivity index (χ4v) is 9.57. The molecule has 0 atom stereocenters. The van der Waals surface area contributed by atoms with Gasteiger partial charge in [-0.3, -0.25) is 0 Å². The molecule has 3 heterocycles. The first-order valence-electron chi connectivity index (χ1n) is 21.6. The second kappa shape index (κ2) is 14.5. The molecule has 4 nitrogen and oxygen atoms in total. The molecule has 0 saturated heterocycles. The van der Waals surface area contributed by atoms with Gasteiger partial charge in [-0.2, -0.15) is 0 Å². The van der Waals surface area contributed by atoms with E-state index in [1.165, 1.54) is 11.1 Å². The molecule has 0 amide bonds. The van der Waals surface area contributed by atoms with Gasteiger partial charge >= 0.3 is 0 Å². The van der Waals surface area contributed by atoms with Crippen molar-refractivity contribution in [3.05, 3.63) is 224 Å². The quantitative estimate of drug-likeness (QED) is 0.161. The number of hydrogen-bond acceptors (Lipinski definition) is 4. The smallest absolute Gasteiger partial charge is 0.143 e. The molecular formula is C60H37NO3. The Morgan fingerprint density at radius 2 is 0.656 bits per heavy atom. The first kappa shape index (κ1) is 36.1. The predicted octanol–water partition coefficient (Wildman–Crippen LogP) is 17.5. The Hall–Kier alpha value is -8.60. The molecule has 0 spiro atoms. The van der Waals surface area contributed by atoms with Crippen molar-refractivity contribution in [2.75, 3.05) is 4.90 Å². The summed E-state index contributed by atoms with van der Waals surface area (Å²) in [6, 6.07) is 79.2. The zero-order valence-corrected chi connectivity index (χ0v) is 34.5. The Balaban J connectivity index is 0.919. The van der Waals surface area contributed by atoms with E-state index >= 15 is 0 Å². The average Bonchev–Trinajstić information content (AvgIpc) is 4.06. The van der Waals surface area contributed by atoms with Gasteiger partial charge in [-0.15, -0.1) is 0 Å². The summed E-state index contributed by atoms with van der Waals surface area (Å²) in [4.78, 5) is 2.33. The maximum absolute atomic E-state index is 6.45. The number of para-hydroxylation sites is 4. The van der Waals surface area contributed by atoms with E-state index in [9.17, 15) is 0 Å². The summed E-state index contributed by atoms with van der Waals surface area (Å²) in [6.45, 7) is 0. The summed E-state index contributed by atoms with van der Waals surface area (Å²) in [5.74, 6) is 0. The van der Waals surface area contributed by atoms with Gasteiger partial charge in [0.25, 0.3) is 0 Å². The van der Waals surface area contributed by atoms with Crippen LogP contribution in [0.5, 0.6) is 0 Å². The molecule has 0 radical (unpaired) electrons. The highest BCUT2D eigenvalue weighted by atomic mass is 16.3. The molecule has 0 unspecified atom stereocenters. The van der Waals surface area contributed by atoms with Crippen molar-refractivity contribution in [2.45, 2.75) is 0 Å². The minimum Gasteiger partial charge on any atom is -0.456 e. The minimum atomic E-state index is 0.874. The number of rotatable bonds is 7. The van der Waals surface area contributed by atoms with Crippen LogP contribution in [0.2, 0.25) is 0 Å². The summed E-state index contributed by atoms with van der Waals surface area (Å²) in [7, 11) is 0. The van der Waals surface area contributed by atoms with Crippen molar-refractivity contribution in [3.8, 4) is 44.5 Å². The van der Waals surface area contributed by atoms with Gasteiger partial charge in [0.15, 0.2) is 0 Å². The molecule has 0 N–H and O–H groups in total. The Morgan fingerprint density at radius 1 is 0.234 bits per heavy atom. The zero-order chi connectivity index (χ0) is 42.1. The van der Waals surface area contributed by atoms with E-state index in [1.807, 2.05) is 24.3 Å². The molecule has 0 fully saturated rings. The first-order valence-corrected chi connectivity index (χ1v) is 21.6. The van der Waals surface area contributed by atoms with E-state index in [2.05, 4.69) is 205 Å². The lowest BCUT2D eigenvalue weighted by atomic mass is 9.99. The largest absolute Gasteiger partial charge is 0.456 e. The molecule has 0 saturated carbocycles. The third-order valence-electron chi connectivity index (χ3n) is 12.7. The highest BCUT2D eigenvalue weighted by Gasteiger charge is 2.18. The van der Waals surface area contributed by atoms with E-state index in [4.69, 9.17) is 13.3 Å². The van der Waals surface area contributed by atoms with Crippen LogP contribution in [0.15, 0.2) is 238 Å². The Morgan fingerprint density at radius 3 is 1.22 bits per heavy atom. The highest BCUT2D eigenvalue weighted by Crippen LogP contribution is 2.43. The Kier molecular flexibility index (Phi) is 8.18. The predicted molar refractivity (Wildman–Crippen MR) is 265 cm³/mol. The van der Waals surface area contributed by atoms with E-state index in [1.54, 1.807) is 0 Å². The average molecular weight is 820 g/mol. The van der Waals surface area contributed by atoms with Crippen LogP contribution in [-0.4, -0.2) is 0 Å². The van der Waals surface area contributed by atoms with Gasteiger partial charge in [-0.25, -0.2) is 0 Å². The van der Waals surface area contributed by atoms with Gasteiger partial charge < -0.3 is 18.2 Å². The number of benzene rings is 10. The van der Waals surface area contributed by atoms with Crippen molar-refractivity contribution < 1.29 is 13.3 Å². The van der Waals surface area contributed by atoms with Crippen molar-refractivity contribution >= 4 is 82.9 Å². The van der Waals surface area contributed by atoms with Crippen LogP contribution in [-0.2, 0) is 0 Å². The van der Waals surface area contributed by atoms with Crippen molar-refractivity contribution in [1.29, 1.82) is 0 Å². The van der Waals surface area contributed by atoms with Crippen LogP contribution in [0.4, 0.5) is 17.1 Å². The van der Waals surface area contributed by atoms with Crippen LogP contribution < -0.4 is 4.90 Å². The van der Waals surface area contributed by atoms with Crippen LogP contribution in [0.3, 0.4) is 0 Å². The van der Waals surface area contributed by atoms with E-state index < -0.39 is 0 Å². The summed E-state index contributed by atoms with van der Waals surface area (Å²) in [6.07, 6.45) is 0. The van der Waals surface area contributed by atoms with Crippen LogP contribution >= 0.6 is 0 Å². The summed E-state index contributed by atoms with van der Waals surface area (Å²) in [5.41, 5.74) is 17.3. The molecule has 10 aromatic carbocycles. The SMILES string of the molecule is c1ccc(-c2ccc3oc4ccc(-c5cccc(N(c6ccc(-c7cccc8c7oc7ccccc78)cc6)c6ccc(-c7cccc8c7oc7ccccc78)cc6)c5)cc4c3c2)cc1. The second-order valence-electron chi connectivity index (χ2n) is 16.4. The molecular weight excluding hydrogens is 783 g/mol. The molecule has 0 aliphatic rings. The fraction of sp³-hybridized carbons (Fsp3) is 0. The molecule has 3 aromatic heterocycles. The lowest BCUT2D eigenvalue weighted by molar-refractivity contribution is 0.669. The summed E-state index contributed by atoms with van der Waals surface area (Å²) >= 11 is 0. The summed E-state index contributed by atoms with van der Waals surface area (Å²) < 4.78 is 19.3. The van der Waals surface area contributed by atoms with Crippen molar-refractivity contribution in [3.63, 3.8) is 0 Å². The number of furan rings is 3. The highest BCUT2D eigenvalue weighted by molar-refractivity contribution is 6.11. The Labute approximate surface area is 368 Å². The van der Waals surface area contributed by atoms with Crippen LogP contribution in [0.1, 0.15) is 0 Å². The van der Waals surface area contributed by atoms with E-state index in [-0.39, 0.29) is 0 Å². The molecule has 13 aromatic rings. The molecule has 0 aliphatic carbocycles. The number of anilines is 3. The van der Waals surface area contributed by atoms with Gasteiger partial charge in [-0.05, 0) is 106 Å². The number of hydrogen-bond donors (Lipinski definition) is 0. The second-order valence-corrected chi connectivity index (χ2v) is 16.4. The maximum Gasteiger partial charge on any atom is 0.143 e. The third kappa shape index (κ3) is 5.92. The van der Waals surface area contributed by atoms with Gasteiger partial charge in [0.1, 0.15) is 33.5 Å². The van der Waals surface area contributed by atoms with Crippen molar-refractivity contribution in [1.82, 2.24) is 0 Å². The molecule has 13 rings (SSSR count). The lowest BCUT2D eigenvalue weighted by Crippen LogP contribution is -2.10. The maximum atomic E-state index is 6.45. The lowest BCUT2D eigenvalue weighted by Gasteiger charge is -2.26. The van der Waals surface area contributed by atoms with E-state index in [0.29, 0.717) is 0 Å². The van der Waals surface area contributed by atoms with Crippen LogP contribution in [0, 0.1) is 0 Å². The number of fused-ring (bicyclic) bond motifs is 9. The van der Waals surface area contributed by atoms with Gasteiger partial charge in [0.2, 0.25) is 0 Å². The minimum absolute atomic E-state index is 0.874. The van der Waals surface area contributed by atoms with Gasteiger partial charge in [0.05, 0.1) is 0 Å². The molecule has 0 bridgehead atoms. The molecule has 300 valence electrons. The van der Waals surface area contributed by atoms with Gasteiger partial charge in [-0.1, -0.05) is 152 Å². The first-order chi connectivity index (χ1) is 31.7. The normalized spacial score (nSPS) is 11.8. The topological polar surface area (TPSA) is 42.7 Å². The monoisotopic (exact) mass is 819 g/mol. The fourth-order valence-electron chi connectivity index (χ4n) is 9.57. The molecule has 0 aliphatic heterocycles. The summed E-state index contributed by atoms with van der Waals surface area (Å²) in [5, 5.41) is 6.68. The molecule has 4 heteroatoms. The third-order valence-corrected chi connectivity index (χ3v) is 12.7. The van der Waals surface area contributed by atoms with Crippen LogP contribution in [0.25, 0.3) is 110 Å². The number of nitrogens with zero attached hydrogens (tertiary/aromatic N) is 1. The van der Waals surface area contributed by atoms with Crippen molar-refractivity contribution in [2.24, 2.45) is 0 Å². The van der Waals surface area contributed by atoms with E-state index in [0.717, 1.165) is 116 Å². The Bertz CT molecular complexity index is 3730.